The van der Waals surface area contributed by atoms with Gasteiger partial charge in [-0.25, -0.2) is 4.39 Å². The minimum atomic E-state index is -0.319. The van der Waals surface area contributed by atoms with Crippen LogP contribution in [0, 0.1) is 5.82 Å². The monoisotopic (exact) mass is 395 g/mol. The molecule has 9 heteroatoms. The Balaban J connectivity index is 1.43. The molecule has 3 heterocycles. The van der Waals surface area contributed by atoms with Crippen molar-refractivity contribution in [2.75, 3.05) is 16.8 Å². The molecule has 4 rings (SSSR count). The fourth-order valence-corrected chi connectivity index (χ4v) is 3.61. The SMILES string of the molecule is Cn1nccc1CN(C=O)c1ccc(NCC2(c3ncccc3F)CCC2)nn1. The highest BCUT2D eigenvalue weighted by atomic mass is 19.1. The standard InChI is InChI=1S/C20H22FN7O/c1-27-15(7-11-24-27)12-28(14-29)18-6-5-17(25-26-18)23-13-20(8-3-9-20)19-16(21)4-2-10-22-19/h2,4-7,10-11,14H,3,8-9,12-13H2,1H3,(H,23,25). The van der Waals surface area contributed by atoms with E-state index < -0.39 is 0 Å². The third-order valence-corrected chi connectivity index (χ3v) is 5.51. The number of hydrogen-bond donors (Lipinski definition) is 1. The van der Waals surface area contributed by atoms with Crippen LogP contribution in [-0.4, -0.2) is 37.9 Å². The molecule has 0 radical (unpaired) electrons. The number of pyridine rings is 1. The van der Waals surface area contributed by atoms with E-state index in [4.69, 9.17) is 0 Å². The topological polar surface area (TPSA) is 88.8 Å². The van der Waals surface area contributed by atoms with Crippen LogP contribution in [0.1, 0.15) is 30.7 Å². The third-order valence-electron chi connectivity index (χ3n) is 5.51. The molecule has 1 N–H and O–H groups in total. The van der Waals surface area contributed by atoms with Gasteiger partial charge in [0.15, 0.2) is 5.82 Å². The number of carbonyl (C=O) groups is 1. The van der Waals surface area contributed by atoms with E-state index >= 15 is 0 Å². The maximum atomic E-state index is 14.2. The van der Waals surface area contributed by atoms with Crippen LogP contribution in [0.3, 0.4) is 0 Å². The second kappa shape index (κ2) is 7.94. The summed E-state index contributed by atoms with van der Waals surface area (Å²) >= 11 is 0. The van der Waals surface area contributed by atoms with Gasteiger partial charge in [0.05, 0.1) is 17.9 Å². The van der Waals surface area contributed by atoms with E-state index in [0.717, 1.165) is 31.4 Å². The Bertz CT molecular complexity index is 985. The number of hydrogen-bond acceptors (Lipinski definition) is 6. The highest BCUT2D eigenvalue weighted by molar-refractivity contribution is 5.72. The summed E-state index contributed by atoms with van der Waals surface area (Å²) < 4.78 is 15.9. The predicted molar refractivity (Wildman–Crippen MR) is 106 cm³/mol. The van der Waals surface area contributed by atoms with Crippen molar-refractivity contribution in [3.05, 3.63) is 59.9 Å². The molecule has 1 aliphatic rings. The molecule has 1 fully saturated rings. The maximum Gasteiger partial charge on any atom is 0.215 e. The highest BCUT2D eigenvalue weighted by Crippen LogP contribution is 2.43. The van der Waals surface area contributed by atoms with Crippen molar-refractivity contribution in [3.63, 3.8) is 0 Å². The van der Waals surface area contributed by atoms with Crippen LogP contribution in [0.2, 0.25) is 0 Å². The van der Waals surface area contributed by atoms with Gasteiger partial charge in [-0.15, -0.1) is 10.2 Å². The van der Waals surface area contributed by atoms with E-state index in [0.29, 0.717) is 30.4 Å². The van der Waals surface area contributed by atoms with Crippen molar-refractivity contribution in [2.45, 2.75) is 31.2 Å². The van der Waals surface area contributed by atoms with Gasteiger partial charge in [0.25, 0.3) is 0 Å². The molecule has 0 unspecified atom stereocenters. The Morgan fingerprint density at radius 3 is 2.69 bits per heavy atom. The molecule has 3 aromatic heterocycles. The van der Waals surface area contributed by atoms with Crippen LogP contribution in [0.4, 0.5) is 16.0 Å². The lowest BCUT2D eigenvalue weighted by Crippen LogP contribution is -2.42. The Hall–Kier alpha value is -3.36. The van der Waals surface area contributed by atoms with Crippen LogP contribution in [0.5, 0.6) is 0 Å². The second-order valence-corrected chi connectivity index (χ2v) is 7.28. The molecule has 0 bridgehead atoms. The minimum Gasteiger partial charge on any atom is -0.368 e. The first-order valence-corrected chi connectivity index (χ1v) is 9.49. The first kappa shape index (κ1) is 19.0. The number of rotatable bonds is 8. The molecule has 1 amide bonds. The third kappa shape index (κ3) is 3.80. The molecule has 8 nitrogen and oxygen atoms in total. The molecule has 0 atom stereocenters. The molecule has 0 spiro atoms. The van der Waals surface area contributed by atoms with E-state index in [1.807, 2.05) is 13.1 Å². The second-order valence-electron chi connectivity index (χ2n) is 7.28. The van der Waals surface area contributed by atoms with Crippen LogP contribution in [-0.2, 0) is 23.8 Å². The molecule has 0 aromatic carbocycles. The lowest BCUT2D eigenvalue weighted by molar-refractivity contribution is -0.107. The summed E-state index contributed by atoms with van der Waals surface area (Å²) in [5.41, 5.74) is 1.07. The number of aromatic nitrogens is 5. The van der Waals surface area contributed by atoms with Gasteiger partial charge in [-0.05, 0) is 43.2 Å². The maximum absolute atomic E-state index is 14.2. The molecular weight excluding hydrogens is 373 g/mol. The summed E-state index contributed by atoms with van der Waals surface area (Å²) in [5, 5.41) is 15.7. The lowest BCUT2D eigenvalue weighted by atomic mass is 9.66. The normalized spacial score (nSPS) is 14.8. The predicted octanol–water partition coefficient (Wildman–Crippen LogP) is 2.44. The molecule has 29 heavy (non-hydrogen) atoms. The molecule has 0 saturated heterocycles. The van der Waals surface area contributed by atoms with E-state index in [2.05, 4.69) is 25.6 Å². The zero-order valence-electron chi connectivity index (χ0n) is 16.1. The van der Waals surface area contributed by atoms with Gasteiger partial charge in [0.1, 0.15) is 11.6 Å². The summed E-state index contributed by atoms with van der Waals surface area (Å²) in [5.74, 6) is 0.746. The fraction of sp³-hybridized carbons (Fsp3) is 0.350. The molecule has 150 valence electrons. The molecule has 1 aliphatic carbocycles. The smallest absolute Gasteiger partial charge is 0.215 e. The van der Waals surface area contributed by atoms with Crippen molar-refractivity contribution in [2.24, 2.45) is 7.05 Å². The van der Waals surface area contributed by atoms with E-state index in [-0.39, 0.29) is 11.2 Å². The van der Waals surface area contributed by atoms with Gasteiger partial charge >= 0.3 is 0 Å². The van der Waals surface area contributed by atoms with Crippen molar-refractivity contribution in [1.82, 2.24) is 25.0 Å². The van der Waals surface area contributed by atoms with Gasteiger partial charge in [-0.1, -0.05) is 6.42 Å². The Labute approximate surface area is 167 Å². The van der Waals surface area contributed by atoms with Crippen molar-refractivity contribution >= 4 is 18.0 Å². The summed E-state index contributed by atoms with van der Waals surface area (Å²) in [6.07, 6.45) is 6.83. The summed E-state index contributed by atoms with van der Waals surface area (Å²) in [6.45, 7) is 0.880. The molecule has 3 aromatic rings. The lowest BCUT2D eigenvalue weighted by Gasteiger charge is -2.41. The number of nitrogens with one attached hydrogen (secondary N) is 1. The highest BCUT2D eigenvalue weighted by Gasteiger charge is 2.41. The van der Waals surface area contributed by atoms with E-state index in [9.17, 15) is 9.18 Å². The zero-order valence-corrected chi connectivity index (χ0v) is 16.1. The summed E-state index contributed by atoms with van der Waals surface area (Å²) in [7, 11) is 1.82. The van der Waals surface area contributed by atoms with Crippen molar-refractivity contribution in [1.29, 1.82) is 0 Å². The largest absolute Gasteiger partial charge is 0.368 e. The van der Waals surface area contributed by atoms with Gasteiger partial charge < -0.3 is 5.32 Å². The van der Waals surface area contributed by atoms with Crippen LogP contribution in [0.25, 0.3) is 0 Å². The summed E-state index contributed by atoms with van der Waals surface area (Å²) in [4.78, 5) is 17.2. The first-order chi connectivity index (χ1) is 14.1. The average molecular weight is 395 g/mol. The molecule has 0 aliphatic heterocycles. The van der Waals surface area contributed by atoms with Gasteiger partial charge in [0.2, 0.25) is 6.41 Å². The van der Waals surface area contributed by atoms with Crippen LogP contribution < -0.4 is 10.2 Å². The quantitative estimate of drug-likeness (QED) is 0.590. The van der Waals surface area contributed by atoms with E-state index in [1.54, 1.807) is 35.3 Å². The van der Waals surface area contributed by atoms with Gasteiger partial charge in [-0.3, -0.25) is 19.4 Å². The van der Waals surface area contributed by atoms with Crippen LogP contribution in [0.15, 0.2) is 42.7 Å². The van der Waals surface area contributed by atoms with Crippen molar-refractivity contribution in [3.8, 4) is 0 Å². The number of anilines is 2. The molecular formula is C20H22FN7O. The number of aryl methyl sites for hydroxylation is 1. The number of halogens is 1. The van der Waals surface area contributed by atoms with Gasteiger partial charge in [-0.2, -0.15) is 5.10 Å². The Morgan fingerprint density at radius 1 is 1.24 bits per heavy atom. The number of nitrogens with zero attached hydrogens (tertiary/aromatic N) is 6. The molecule has 1 saturated carbocycles. The van der Waals surface area contributed by atoms with Gasteiger partial charge in [0, 0.05) is 31.4 Å². The average Bonchev–Trinajstić information content (AvgIpc) is 3.11. The summed E-state index contributed by atoms with van der Waals surface area (Å²) in [6, 6.07) is 8.40. The number of carbonyl (C=O) groups excluding carboxylic acids is 1. The Morgan fingerprint density at radius 2 is 2.10 bits per heavy atom. The van der Waals surface area contributed by atoms with Crippen LogP contribution >= 0.6 is 0 Å². The van der Waals surface area contributed by atoms with E-state index in [1.165, 1.54) is 11.0 Å². The Kier molecular flexibility index (Phi) is 5.20. The zero-order chi connectivity index (χ0) is 20.3. The van der Waals surface area contributed by atoms with Crippen molar-refractivity contribution < 1.29 is 9.18 Å². The fourth-order valence-electron chi connectivity index (χ4n) is 3.61. The number of amides is 1. The first-order valence-electron chi connectivity index (χ1n) is 9.49. The minimum absolute atomic E-state index is 0.271.